The van der Waals surface area contributed by atoms with Crippen LogP contribution in [0.15, 0.2) is 6.20 Å². The number of nitrogens with one attached hydrogen (secondary N) is 1. The van der Waals surface area contributed by atoms with Crippen molar-refractivity contribution < 1.29 is 0 Å². The van der Waals surface area contributed by atoms with E-state index in [1.54, 1.807) is 0 Å². The SMILES string of the molecule is CCNC(C)c1cnc(C2CCC(CC)CC2)nc1C. The van der Waals surface area contributed by atoms with Crippen LogP contribution in [0.3, 0.4) is 0 Å². The van der Waals surface area contributed by atoms with Crippen molar-refractivity contribution in [3.05, 3.63) is 23.3 Å². The summed E-state index contributed by atoms with van der Waals surface area (Å²) in [6.07, 6.45) is 8.58. The molecule has 1 aliphatic carbocycles. The second-order valence-corrected chi connectivity index (χ2v) is 6.17. The van der Waals surface area contributed by atoms with Crippen LogP contribution in [0.5, 0.6) is 0 Å². The number of hydrogen-bond acceptors (Lipinski definition) is 3. The van der Waals surface area contributed by atoms with Crippen molar-refractivity contribution >= 4 is 0 Å². The molecular weight excluding hydrogens is 246 g/mol. The van der Waals surface area contributed by atoms with Gasteiger partial charge in [0.2, 0.25) is 0 Å². The molecule has 1 aromatic rings. The van der Waals surface area contributed by atoms with Crippen LogP contribution in [0.25, 0.3) is 0 Å². The molecular formula is C17H29N3. The smallest absolute Gasteiger partial charge is 0.131 e. The molecule has 0 aliphatic heterocycles. The third-order valence-electron chi connectivity index (χ3n) is 4.80. The van der Waals surface area contributed by atoms with Crippen LogP contribution in [-0.4, -0.2) is 16.5 Å². The van der Waals surface area contributed by atoms with Crippen LogP contribution >= 0.6 is 0 Å². The molecule has 112 valence electrons. The highest BCUT2D eigenvalue weighted by atomic mass is 14.9. The van der Waals surface area contributed by atoms with Gasteiger partial charge in [0.15, 0.2) is 0 Å². The molecule has 0 bridgehead atoms. The zero-order valence-electron chi connectivity index (χ0n) is 13.4. The molecule has 3 heteroatoms. The highest BCUT2D eigenvalue weighted by Gasteiger charge is 2.23. The number of rotatable bonds is 5. The van der Waals surface area contributed by atoms with Crippen LogP contribution in [0, 0.1) is 12.8 Å². The first-order valence-corrected chi connectivity index (χ1v) is 8.22. The summed E-state index contributed by atoms with van der Waals surface area (Å²) in [5, 5.41) is 3.44. The van der Waals surface area contributed by atoms with E-state index >= 15 is 0 Å². The van der Waals surface area contributed by atoms with E-state index in [2.05, 4.69) is 38.0 Å². The summed E-state index contributed by atoms with van der Waals surface area (Å²) >= 11 is 0. The molecule has 1 aliphatic rings. The van der Waals surface area contributed by atoms with E-state index in [4.69, 9.17) is 4.98 Å². The number of nitrogens with zero attached hydrogens (tertiary/aromatic N) is 2. The number of aromatic nitrogens is 2. The van der Waals surface area contributed by atoms with Gasteiger partial charge in [-0.3, -0.25) is 0 Å². The van der Waals surface area contributed by atoms with E-state index in [-0.39, 0.29) is 0 Å². The lowest BCUT2D eigenvalue weighted by Crippen LogP contribution is -2.20. The minimum atomic E-state index is 0.338. The Hall–Kier alpha value is -0.960. The van der Waals surface area contributed by atoms with Crippen molar-refractivity contribution in [1.82, 2.24) is 15.3 Å². The molecule has 0 amide bonds. The summed E-state index contributed by atoms with van der Waals surface area (Å²) in [6.45, 7) is 9.71. The van der Waals surface area contributed by atoms with Gasteiger partial charge in [-0.15, -0.1) is 0 Å². The zero-order chi connectivity index (χ0) is 14.5. The van der Waals surface area contributed by atoms with Gasteiger partial charge in [0.1, 0.15) is 5.82 Å². The predicted octanol–water partition coefficient (Wildman–Crippen LogP) is 4.14. The van der Waals surface area contributed by atoms with E-state index in [9.17, 15) is 0 Å². The highest BCUT2D eigenvalue weighted by molar-refractivity contribution is 5.21. The summed E-state index contributed by atoms with van der Waals surface area (Å²) in [6, 6.07) is 0.338. The molecule has 20 heavy (non-hydrogen) atoms. The Morgan fingerprint density at radius 1 is 1.25 bits per heavy atom. The van der Waals surface area contributed by atoms with E-state index in [0.29, 0.717) is 12.0 Å². The monoisotopic (exact) mass is 275 g/mol. The Bertz CT molecular complexity index is 422. The fourth-order valence-electron chi connectivity index (χ4n) is 3.36. The second kappa shape index (κ2) is 7.16. The summed E-state index contributed by atoms with van der Waals surface area (Å²) in [5.41, 5.74) is 2.37. The molecule has 1 heterocycles. The van der Waals surface area contributed by atoms with Crippen molar-refractivity contribution in [1.29, 1.82) is 0 Å². The quantitative estimate of drug-likeness (QED) is 0.877. The summed E-state index contributed by atoms with van der Waals surface area (Å²) in [7, 11) is 0. The van der Waals surface area contributed by atoms with E-state index in [1.165, 1.54) is 37.7 Å². The van der Waals surface area contributed by atoms with Gasteiger partial charge in [-0.25, -0.2) is 9.97 Å². The molecule has 2 rings (SSSR count). The molecule has 1 fully saturated rings. The van der Waals surface area contributed by atoms with Crippen LogP contribution in [0.1, 0.15) is 81.9 Å². The lowest BCUT2D eigenvalue weighted by atomic mass is 9.80. The van der Waals surface area contributed by atoms with Crippen molar-refractivity contribution in [2.75, 3.05) is 6.54 Å². The first-order chi connectivity index (χ1) is 9.65. The fourth-order valence-corrected chi connectivity index (χ4v) is 3.36. The summed E-state index contributed by atoms with van der Waals surface area (Å²) in [4.78, 5) is 9.47. The highest BCUT2D eigenvalue weighted by Crippen LogP contribution is 2.35. The number of aryl methyl sites for hydroxylation is 1. The molecule has 1 saturated carbocycles. The Morgan fingerprint density at radius 3 is 2.50 bits per heavy atom. The van der Waals surface area contributed by atoms with Crippen LogP contribution in [-0.2, 0) is 0 Å². The number of hydrogen-bond donors (Lipinski definition) is 1. The van der Waals surface area contributed by atoms with Crippen molar-refractivity contribution in [2.45, 2.75) is 71.8 Å². The Labute approximate surface area is 123 Å². The topological polar surface area (TPSA) is 37.8 Å². The molecule has 0 saturated heterocycles. The largest absolute Gasteiger partial charge is 0.310 e. The van der Waals surface area contributed by atoms with Gasteiger partial charge in [-0.1, -0.05) is 20.3 Å². The van der Waals surface area contributed by atoms with Gasteiger partial charge in [0, 0.05) is 29.4 Å². The maximum Gasteiger partial charge on any atom is 0.131 e. The van der Waals surface area contributed by atoms with E-state index in [0.717, 1.165) is 24.0 Å². The normalized spacial score (nSPS) is 24.6. The van der Waals surface area contributed by atoms with E-state index in [1.807, 2.05) is 6.20 Å². The first-order valence-electron chi connectivity index (χ1n) is 8.22. The Kier molecular flexibility index (Phi) is 5.53. The second-order valence-electron chi connectivity index (χ2n) is 6.17. The molecule has 0 aromatic carbocycles. The van der Waals surface area contributed by atoms with Crippen LogP contribution in [0.4, 0.5) is 0 Å². The maximum absolute atomic E-state index is 4.80. The van der Waals surface area contributed by atoms with Gasteiger partial charge in [-0.05, 0) is 52.0 Å². The summed E-state index contributed by atoms with van der Waals surface area (Å²) < 4.78 is 0. The average molecular weight is 275 g/mol. The fraction of sp³-hybridized carbons (Fsp3) is 0.765. The zero-order valence-corrected chi connectivity index (χ0v) is 13.4. The van der Waals surface area contributed by atoms with Crippen LogP contribution in [0.2, 0.25) is 0 Å². The molecule has 1 atom stereocenters. The minimum Gasteiger partial charge on any atom is -0.310 e. The molecule has 1 aromatic heterocycles. The lowest BCUT2D eigenvalue weighted by molar-refractivity contribution is 0.311. The first kappa shape index (κ1) is 15.4. The Balaban J connectivity index is 2.05. The molecule has 1 N–H and O–H groups in total. The summed E-state index contributed by atoms with van der Waals surface area (Å²) in [5.74, 6) is 2.59. The maximum atomic E-state index is 4.80. The van der Waals surface area contributed by atoms with Crippen molar-refractivity contribution in [2.24, 2.45) is 5.92 Å². The van der Waals surface area contributed by atoms with Crippen molar-refractivity contribution in [3.63, 3.8) is 0 Å². The molecule has 1 unspecified atom stereocenters. The van der Waals surface area contributed by atoms with Crippen molar-refractivity contribution in [3.8, 4) is 0 Å². The van der Waals surface area contributed by atoms with Gasteiger partial charge < -0.3 is 5.32 Å². The van der Waals surface area contributed by atoms with E-state index < -0.39 is 0 Å². The third-order valence-corrected chi connectivity index (χ3v) is 4.80. The minimum absolute atomic E-state index is 0.338. The average Bonchev–Trinajstić information content (AvgIpc) is 2.47. The van der Waals surface area contributed by atoms with Gasteiger partial charge >= 0.3 is 0 Å². The molecule has 0 radical (unpaired) electrons. The van der Waals surface area contributed by atoms with Gasteiger partial charge in [-0.2, -0.15) is 0 Å². The Morgan fingerprint density at radius 2 is 1.95 bits per heavy atom. The van der Waals surface area contributed by atoms with Gasteiger partial charge in [0.25, 0.3) is 0 Å². The molecule has 0 spiro atoms. The predicted molar refractivity (Wildman–Crippen MR) is 83.9 cm³/mol. The van der Waals surface area contributed by atoms with Crippen LogP contribution < -0.4 is 5.32 Å². The molecule has 3 nitrogen and oxygen atoms in total. The lowest BCUT2D eigenvalue weighted by Gasteiger charge is -2.27. The third kappa shape index (κ3) is 3.57. The van der Waals surface area contributed by atoms with Gasteiger partial charge in [0.05, 0.1) is 0 Å². The standard InChI is InChI=1S/C17H29N3/c1-5-14-7-9-15(10-8-14)17-19-11-16(13(4)20-17)12(3)18-6-2/h11-12,14-15,18H,5-10H2,1-4H3.